The molecular weight excluding hydrogens is 280 g/mol. The molecule has 3 nitrogen and oxygen atoms in total. The van der Waals surface area contributed by atoms with Gasteiger partial charge >= 0.3 is 0 Å². The van der Waals surface area contributed by atoms with E-state index in [1.807, 2.05) is 11.3 Å². The largest absolute Gasteiger partial charge is 0.374 e. The Balaban J connectivity index is 1.99. The van der Waals surface area contributed by atoms with Crippen LogP contribution in [0.2, 0.25) is 0 Å². The first-order valence-electron chi connectivity index (χ1n) is 8.41. The molecule has 0 bridgehead atoms. The van der Waals surface area contributed by atoms with Crippen molar-refractivity contribution >= 4 is 11.3 Å². The van der Waals surface area contributed by atoms with Crippen LogP contribution in [0, 0.1) is 0 Å². The van der Waals surface area contributed by atoms with Gasteiger partial charge in [-0.25, -0.2) is 0 Å². The Labute approximate surface area is 133 Å². The van der Waals surface area contributed by atoms with Crippen LogP contribution in [0.5, 0.6) is 0 Å². The molecule has 1 aromatic rings. The molecule has 2 atom stereocenters. The van der Waals surface area contributed by atoms with Gasteiger partial charge in [0.25, 0.3) is 0 Å². The minimum Gasteiger partial charge on any atom is -0.374 e. The van der Waals surface area contributed by atoms with Gasteiger partial charge < -0.3 is 10.1 Å². The molecule has 2 rings (SSSR count). The van der Waals surface area contributed by atoms with Crippen LogP contribution in [-0.4, -0.2) is 49.8 Å². The van der Waals surface area contributed by atoms with E-state index in [0.29, 0.717) is 12.1 Å². The molecule has 4 heteroatoms. The van der Waals surface area contributed by atoms with E-state index in [9.17, 15) is 0 Å². The number of hydrogen-bond acceptors (Lipinski definition) is 4. The van der Waals surface area contributed by atoms with Gasteiger partial charge in [-0.1, -0.05) is 20.8 Å². The van der Waals surface area contributed by atoms with Gasteiger partial charge in [-0.05, 0) is 44.5 Å². The van der Waals surface area contributed by atoms with Crippen molar-refractivity contribution in [3.8, 4) is 0 Å². The van der Waals surface area contributed by atoms with Crippen LogP contribution in [0.25, 0.3) is 0 Å². The van der Waals surface area contributed by atoms with Crippen LogP contribution in [0.15, 0.2) is 12.1 Å². The maximum Gasteiger partial charge on any atom is 0.0858 e. The minimum absolute atomic E-state index is 0.317. The highest BCUT2D eigenvalue weighted by Gasteiger charge is 2.27. The first-order chi connectivity index (χ1) is 10.3. The van der Waals surface area contributed by atoms with Crippen molar-refractivity contribution in [2.45, 2.75) is 52.2 Å². The second-order valence-electron chi connectivity index (χ2n) is 5.79. The number of likely N-dealkylation sites (N-methyl/N-ethyl adjacent to an activating group) is 1. The summed E-state index contributed by atoms with van der Waals surface area (Å²) in [6.45, 7) is 11.9. The smallest absolute Gasteiger partial charge is 0.0858 e. The highest BCUT2D eigenvalue weighted by atomic mass is 32.1. The summed E-state index contributed by atoms with van der Waals surface area (Å²) in [6.07, 6.45) is 3.72. The summed E-state index contributed by atoms with van der Waals surface area (Å²) >= 11 is 1.96. The molecule has 2 unspecified atom stereocenters. The monoisotopic (exact) mass is 310 g/mol. The van der Waals surface area contributed by atoms with Crippen molar-refractivity contribution in [2.75, 3.05) is 32.8 Å². The lowest BCUT2D eigenvalue weighted by molar-refractivity contribution is -0.0446. The topological polar surface area (TPSA) is 24.5 Å². The summed E-state index contributed by atoms with van der Waals surface area (Å²) in [4.78, 5) is 5.47. The number of nitrogens with one attached hydrogen (secondary N) is 1. The molecule has 0 aliphatic carbocycles. The predicted molar refractivity (Wildman–Crippen MR) is 91.3 cm³/mol. The quantitative estimate of drug-likeness (QED) is 0.799. The van der Waals surface area contributed by atoms with Gasteiger partial charge in [0.1, 0.15) is 0 Å². The van der Waals surface area contributed by atoms with Gasteiger partial charge in [0.15, 0.2) is 0 Å². The number of ether oxygens (including phenoxy) is 1. The summed E-state index contributed by atoms with van der Waals surface area (Å²) in [5.41, 5.74) is 0. The molecule has 120 valence electrons. The molecule has 2 heterocycles. The average Bonchev–Trinajstić information content (AvgIpc) is 2.99. The van der Waals surface area contributed by atoms with E-state index >= 15 is 0 Å². The van der Waals surface area contributed by atoms with Crippen molar-refractivity contribution < 1.29 is 4.74 Å². The highest BCUT2D eigenvalue weighted by Crippen LogP contribution is 2.21. The van der Waals surface area contributed by atoms with Gasteiger partial charge in [-0.3, -0.25) is 4.90 Å². The van der Waals surface area contributed by atoms with Crippen LogP contribution in [0.3, 0.4) is 0 Å². The third-order valence-corrected chi connectivity index (χ3v) is 5.47. The molecule has 1 fully saturated rings. The summed E-state index contributed by atoms with van der Waals surface area (Å²) < 4.78 is 6.08. The highest BCUT2D eigenvalue weighted by molar-refractivity contribution is 7.11. The molecule has 1 saturated heterocycles. The summed E-state index contributed by atoms with van der Waals surface area (Å²) in [7, 11) is 0. The molecule has 1 aliphatic heterocycles. The lowest BCUT2D eigenvalue weighted by Gasteiger charge is -2.37. The lowest BCUT2D eigenvalue weighted by Crippen LogP contribution is -2.53. The number of thiophene rings is 1. The van der Waals surface area contributed by atoms with Gasteiger partial charge in [0, 0.05) is 28.9 Å². The number of hydrogen-bond donors (Lipinski definition) is 1. The van der Waals surface area contributed by atoms with Crippen molar-refractivity contribution in [3.63, 3.8) is 0 Å². The maximum absolute atomic E-state index is 6.08. The van der Waals surface area contributed by atoms with Gasteiger partial charge in [0.2, 0.25) is 0 Å². The Morgan fingerprint density at radius 3 is 2.81 bits per heavy atom. The fraction of sp³-hybridized carbons (Fsp3) is 0.765. The number of rotatable bonds is 8. The molecule has 0 radical (unpaired) electrons. The Bertz CT molecular complexity index is 407. The minimum atomic E-state index is 0.317. The van der Waals surface area contributed by atoms with Crippen molar-refractivity contribution in [3.05, 3.63) is 21.9 Å². The van der Waals surface area contributed by atoms with Gasteiger partial charge in [-0.2, -0.15) is 0 Å². The lowest BCUT2D eigenvalue weighted by atomic mass is 10.0. The first kappa shape index (κ1) is 16.9. The molecule has 0 saturated carbocycles. The van der Waals surface area contributed by atoms with Crippen molar-refractivity contribution in [1.29, 1.82) is 0 Å². The van der Waals surface area contributed by atoms with Crippen LogP contribution >= 0.6 is 11.3 Å². The number of nitrogens with zero attached hydrogens (tertiary/aromatic N) is 1. The van der Waals surface area contributed by atoms with Crippen LogP contribution in [0.1, 0.15) is 36.9 Å². The summed E-state index contributed by atoms with van der Waals surface area (Å²) in [6, 6.07) is 5.00. The second-order valence-corrected chi connectivity index (χ2v) is 7.04. The van der Waals surface area contributed by atoms with Crippen LogP contribution in [-0.2, 0) is 17.6 Å². The molecule has 1 aromatic heterocycles. The van der Waals surface area contributed by atoms with E-state index in [1.165, 1.54) is 16.2 Å². The van der Waals surface area contributed by atoms with Gasteiger partial charge in [-0.15, -0.1) is 11.3 Å². The molecule has 21 heavy (non-hydrogen) atoms. The molecule has 0 aromatic carbocycles. The standard InChI is InChI=1S/C17H30N2OS/c1-4-9-18-16(12-15-8-7-14(5-2)21-15)17-13-19(6-3)10-11-20-17/h7-8,16-18H,4-6,9-13H2,1-3H3. The first-order valence-corrected chi connectivity index (χ1v) is 9.23. The summed E-state index contributed by atoms with van der Waals surface area (Å²) in [5.74, 6) is 0. The number of morpholine rings is 1. The van der Waals surface area contributed by atoms with E-state index in [1.54, 1.807) is 0 Å². The SMILES string of the molecule is CCCNC(Cc1ccc(CC)s1)C1CN(CC)CCO1. The van der Waals surface area contributed by atoms with E-state index in [0.717, 1.165) is 45.6 Å². The fourth-order valence-corrected chi connectivity index (χ4v) is 3.88. The fourth-order valence-electron chi connectivity index (χ4n) is 2.87. The zero-order valence-electron chi connectivity index (χ0n) is 13.7. The Kier molecular flexibility index (Phi) is 7.17. The number of aryl methyl sites for hydroxylation is 1. The third-order valence-electron chi connectivity index (χ3n) is 4.22. The van der Waals surface area contributed by atoms with E-state index in [4.69, 9.17) is 4.74 Å². The normalized spacial score (nSPS) is 21.6. The Morgan fingerprint density at radius 2 is 2.14 bits per heavy atom. The zero-order chi connectivity index (χ0) is 15.1. The van der Waals surface area contributed by atoms with E-state index in [-0.39, 0.29) is 0 Å². The molecule has 1 aliphatic rings. The summed E-state index contributed by atoms with van der Waals surface area (Å²) in [5, 5.41) is 3.71. The van der Waals surface area contributed by atoms with E-state index in [2.05, 4.69) is 43.1 Å². The van der Waals surface area contributed by atoms with Crippen LogP contribution < -0.4 is 5.32 Å². The van der Waals surface area contributed by atoms with Crippen LogP contribution in [0.4, 0.5) is 0 Å². The Hall–Kier alpha value is -0.420. The average molecular weight is 311 g/mol. The molecule has 0 amide bonds. The maximum atomic E-state index is 6.08. The third kappa shape index (κ3) is 5.06. The molecule has 0 spiro atoms. The van der Waals surface area contributed by atoms with Gasteiger partial charge in [0.05, 0.1) is 12.7 Å². The van der Waals surface area contributed by atoms with E-state index < -0.39 is 0 Å². The predicted octanol–water partition coefficient (Wildman–Crippen LogP) is 2.94. The molecular formula is C17H30N2OS. The van der Waals surface area contributed by atoms with Crippen molar-refractivity contribution in [1.82, 2.24) is 10.2 Å². The Morgan fingerprint density at radius 1 is 1.33 bits per heavy atom. The molecule has 1 N–H and O–H groups in total. The zero-order valence-corrected chi connectivity index (χ0v) is 14.5. The second kappa shape index (κ2) is 8.89. The van der Waals surface area contributed by atoms with Crippen molar-refractivity contribution in [2.24, 2.45) is 0 Å².